The lowest BCUT2D eigenvalue weighted by Crippen LogP contribution is -2.10. The van der Waals surface area contributed by atoms with Crippen molar-refractivity contribution in [1.29, 1.82) is 0 Å². The van der Waals surface area contributed by atoms with Crippen LogP contribution >= 0.6 is 11.3 Å². The molecule has 2 aromatic heterocycles. The Morgan fingerprint density at radius 1 is 1.05 bits per heavy atom. The molecule has 5 nitrogen and oxygen atoms in total. The van der Waals surface area contributed by atoms with Crippen molar-refractivity contribution in [2.24, 2.45) is 0 Å². The number of ether oxygens (including phenoxy) is 2. The molecule has 0 aliphatic heterocycles. The topological polar surface area (TPSA) is 70.3 Å². The van der Waals surface area contributed by atoms with E-state index in [1.807, 2.05) is 47.2 Å². The molecule has 0 spiro atoms. The highest BCUT2D eigenvalue weighted by Gasteiger charge is 2.08. The summed E-state index contributed by atoms with van der Waals surface area (Å²) in [5.74, 6) is 1.57. The van der Waals surface area contributed by atoms with Crippen LogP contribution in [0.25, 0.3) is 11.3 Å². The predicted molar refractivity (Wildman–Crippen MR) is 87.2 cm³/mol. The molecule has 0 aliphatic carbocycles. The van der Waals surface area contributed by atoms with Crippen molar-refractivity contribution in [3.05, 3.63) is 53.4 Å². The number of rotatable bonds is 6. The Balaban J connectivity index is 1.54. The molecule has 0 fully saturated rings. The highest BCUT2D eigenvalue weighted by atomic mass is 32.1. The number of thiophene rings is 1. The predicted octanol–water partition coefficient (Wildman–Crippen LogP) is 3.25. The molecule has 112 valence electrons. The number of nitrogens with two attached hydrogens (primary N) is 1. The lowest BCUT2D eigenvalue weighted by atomic mass is 10.2. The van der Waals surface area contributed by atoms with E-state index in [-0.39, 0.29) is 0 Å². The molecule has 0 atom stereocenters. The van der Waals surface area contributed by atoms with E-state index in [1.54, 1.807) is 17.5 Å². The van der Waals surface area contributed by atoms with Gasteiger partial charge in [-0.1, -0.05) is 18.2 Å². The summed E-state index contributed by atoms with van der Waals surface area (Å²) in [6.45, 7) is 0.804. The molecule has 2 heterocycles. The van der Waals surface area contributed by atoms with Gasteiger partial charge in [-0.15, -0.1) is 0 Å². The molecule has 3 aromatic rings. The molecule has 0 aliphatic rings. The Kier molecular flexibility index (Phi) is 4.50. The summed E-state index contributed by atoms with van der Waals surface area (Å²) in [6, 6.07) is 11.5. The standard InChI is InChI=1S/C16H15N3O2S/c17-16-15(12-6-9-22-11-12)18-10-14(19-16)21-8-7-20-13-4-2-1-3-5-13/h1-6,9-11H,7-8H2,(H2,17,19). The number of nitrogens with zero attached hydrogens (tertiary/aromatic N) is 2. The summed E-state index contributed by atoms with van der Waals surface area (Å²) in [7, 11) is 0. The van der Waals surface area contributed by atoms with Crippen LogP contribution in [-0.4, -0.2) is 23.2 Å². The number of benzene rings is 1. The minimum atomic E-state index is 0.361. The number of aromatic nitrogens is 2. The number of hydrogen-bond donors (Lipinski definition) is 1. The molecule has 0 radical (unpaired) electrons. The van der Waals surface area contributed by atoms with Crippen molar-refractivity contribution >= 4 is 17.2 Å². The quantitative estimate of drug-likeness (QED) is 0.707. The minimum absolute atomic E-state index is 0.361. The van der Waals surface area contributed by atoms with Crippen molar-refractivity contribution < 1.29 is 9.47 Å². The van der Waals surface area contributed by atoms with E-state index in [2.05, 4.69) is 9.97 Å². The second-order valence-corrected chi connectivity index (χ2v) is 5.24. The summed E-state index contributed by atoms with van der Waals surface area (Å²) in [5.41, 5.74) is 7.57. The first-order chi connectivity index (χ1) is 10.8. The summed E-state index contributed by atoms with van der Waals surface area (Å²) in [6.07, 6.45) is 1.58. The van der Waals surface area contributed by atoms with Crippen molar-refractivity contribution in [3.8, 4) is 22.9 Å². The zero-order valence-electron chi connectivity index (χ0n) is 11.8. The van der Waals surface area contributed by atoms with Gasteiger partial charge in [-0.05, 0) is 23.6 Å². The van der Waals surface area contributed by atoms with E-state index in [9.17, 15) is 0 Å². The Morgan fingerprint density at radius 3 is 2.59 bits per heavy atom. The van der Waals surface area contributed by atoms with Gasteiger partial charge in [0.2, 0.25) is 5.88 Å². The van der Waals surface area contributed by atoms with Crippen molar-refractivity contribution in [2.75, 3.05) is 18.9 Å². The van der Waals surface area contributed by atoms with E-state index in [0.29, 0.717) is 30.6 Å². The van der Waals surface area contributed by atoms with Crippen LogP contribution in [-0.2, 0) is 0 Å². The van der Waals surface area contributed by atoms with Crippen LogP contribution in [0.4, 0.5) is 5.82 Å². The van der Waals surface area contributed by atoms with Gasteiger partial charge in [0.15, 0.2) is 5.82 Å². The SMILES string of the molecule is Nc1nc(OCCOc2ccccc2)cnc1-c1ccsc1. The Hall–Kier alpha value is -2.60. The first-order valence-corrected chi connectivity index (χ1v) is 7.73. The lowest BCUT2D eigenvalue weighted by Gasteiger charge is -2.09. The van der Waals surface area contributed by atoms with Gasteiger partial charge in [0.1, 0.15) is 24.7 Å². The van der Waals surface area contributed by atoms with Crippen LogP contribution < -0.4 is 15.2 Å². The second kappa shape index (κ2) is 6.91. The Labute approximate surface area is 132 Å². The lowest BCUT2D eigenvalue weighted by molar-refractivity contribution is 0.211. The average molecular weight is 313 g/mol. The average Bonchev–Trinajstić information content (AvgIpc) is 3.07. The molecular weight excluding hydrogens is 298 g/mol. The van der Waals surface area contributed by atoms with E-state index in [1.165, 1.54) is 0 Å². The third-order valence-corrected chi connectivity index (χ3v) is 3.60. The Morgan fingerprint density at radius 2 is 1.86 bits per heavy atom. The molecule has 0 unspecified atom stereocenters. The maximum Gasteiger partial charge on any atom is 0.234 e. The molecule has 0 amide bonds. The summed E-state index contributed by atoms with van der Waals surface area (Å²) in [5, 5.41) is 3.95. The molecule has 3 rings (SSSR count). The number of nitrogen functional groups attached to an aromatic ring is 1. The van der Waals surface area contributed by atoms with Gasteiger partial charge in [0, 0.05) is 10.9 Å². The van der Waals surface area contributed by atoms with Gasteiger partial charge in [-0.25, -0.2) is 4.98 Å². The molecule has 0 bridgehead atoms. The van der Waals surface area contributed by atoms with Gasteiger partial charge in [-0.3, -0.25) is 0 Å². The summed E-state index contributed by atoms with van der Waals surface area (Å²) >= 11 is 1.59. The number of anilines is 1. The normalized spacial score (nSPS) is 10.4. The van der Waals surface area contributed by atoms with E-state index in [4.69, 9.17) is 15.2 Å². The van der Waals surface area contributed by atoms with Gasteiger partial charge in [0.25, 0.3) is 0 Å². The molecule has 22 heavy (non-hydrogen) atoms. The van der Waals surface area contributed by atoms with Crippen LogP contribution in [0.1, 0.15) is 0 Å². The van der Waals surface area contributed by atoms with Crippen molar-refractivity contribution in [2.45, 2.75) is 0 Å². The fourth-order valence-corrected chi connectivity index (χ4v) is 2.54. The zero-order chi connectivity index (χ0) is 15.2. The van der Waals surface area contributed by atoms with E-state index >= 15 is 0 Å². The molecule has 6 heteroatoms. The highest BCUT2D eigenvalue weighted by molar-refractivity contribution is 7.08. The monoisotopic (exact) mass is 313 g/mol. The first-order valence-electron chi connectivity index (χ1n) is 6.78. The molecule has 0 saturated heterocycles. The zero-order valence-corrected chi connectivity index (χ0v) is 12.6. The van der Waals surface area contributed by atoms with Gasteiger partial charge in [-0.2, -0.15) is 16.3 Å². The fraction of sp³-hybridized carbons (Fsp3) is 0.125. The maximum atomic E-state index is 5.93. The molecule has 2 N–H and O–H groups in total. The van der Waals surface area contributed by atoms with E-state index < -0.39 is 0 Å². The van der Waals surface area contributed by atoms with Crippen LogP contribution in [0, 0.1) is 0 Å². The second-order valence-electron chi connectivity index (χ2n) is 4.46. The van der Waals surface area contributed by atoms with Gasteiger partial charge >= 0.3 is 0 Å². The third-order valence-electron chi connectivity index (χ3n) is 2.92. The smallest absolute Gasteiger partial charge is 0.234 e. The fourth-order valence-electron chi connectivity index (χ4n) is 1.90. The number of hydrogen-bond acceptors (Lipinski definition) is 6. The maximum absolute atomic E-state index is 5.93. The molecular formula is C16H15N3O2S. The minimum Gasteiger partial charge on any atom is -0.490 e. The van der Waals surface area contributed by atoms with E-state index in [0.717, 1.165) is 11.3 Å². The summed E-state index contributed by atoms with van der Waals surface area (Å²) < 4.78 is 11.0. The van der Waals surface area contributed by atoms with Crippen molar-refractivity contribution in [3.63, 3.8) is 0 Å². The highest BCUT2D eigenvalue weighted by Crippen LogP contribution is 2.25. The van der Waals surface area contributed by atoms with Crippen LogP contribution in [0.3, 0.4) is 0 Å². The number of para-hydroxylation sites is 1. The van der Waals surface area contributed by atoms with Crippen LogP contribution in [0.5, 0.6) is 11.6 Å². The third kappa shape index (κ3) is 3.53. The molecule has 1 aromatic carbocycles. The van der Waals surface area contributed by atoms with Crippen LogP contribution in [0.2, 0.25) is 0 Å². The molecule has 0 saturated carbocycles. The Bertz CT molecular complexity index is 718. The first kappa shape index (κ1) is 14.3. The van der Waals surface area contributed by atoms with Crippen LogP contribution in [0.15, 0.2) is 53.4 Å². The van der Waals surface area contributed by atoms with Gasteiger partial charge in [0.05, 0.1) is 6.20 Å². The van der Waals surface area contributed by atoms with Gasteiger partial charge < -0.3 is 15.2 Å². The van der Waals surface area contributed by atoms with Crippen molar-refractivity contribution in [1.82, 2.24) is 9.97 Å². The summed E-state index contributed by atoms with van der Waals surface area (Å²) in [4.78, 5) is 8.53. The largest absolute Gasteiger partial charge is 0.490 e.